The number of aryl methyl sites for hydroxylation is 2. The quantitative estimate of drug-likeness (QED) is 0.825. The summed E-state index contributed by atoms with van der Waals surface area (Å²) in [5, 5.41) is 3.64. The molecule has 1 unspecified atom stereocenters. The molecule has 1 aromatic heterocycles. The van der Waals surface area contributed by atoms with Gasteiger partial charge in [0.15, 0.2) is 0 Å². The van der Waals surface area contributed by atoms with Gasteiger partial charge >= 0.3 is 0 Å². The Bertz CT molecular complexity index is 515. The van der Waals surface area contributed by atoms with E-state index >= 15 is 0 Å². The van der Waals surface area contributed by atoms with Crippen molar-refractivity contribution >= 4 is 11.3 Å². The van der Waals surface area contributed by atoms with Crippen molar-refractivity contribution in [2.24, 2.45) is 0 Å². The second kappa shape index (κ2) is 6.88. The standard InChI is InChI=1S/C17H23NS/c1-4-15-7-5-6-8-16(15)12-18-13(2)11-17-10-9-14(3)19-17/h5-10,13,18H,4,11-12H2,1-3H3. The van der Waals surface area contributed by atoms with Gasteiger partial charge in [0, 0.05) is 22.3 Å². The van der Waals surface area contributed by atoms with Crippen LogP contribution in [0.1, 0.15) is 34.7 Å². The van der Waals surface area contributed by atoms with Crippen molar-refractivity contribution in [2.75, 3.05) is 0 Å². The van der Waals surface area contributed by atoms with Crippen molar-refractivity contribution in [3.8, 4) is 0 Å². The maximum atomic E-state index is 3.64. The molecular weight excluding hydrogens is 250 g/mol. The predicted molar refractivity (Wildman–Crippen MR) is 84.9 cm³/mol. The third-order valence-corrected chi connectivity index (χ3v) is 4.47. The van der Waals surface area contributed by atoms with Crippen LogP contribution in [0.5, 0.6) is 0 Å². The number of hydrogen-bond donors (Lipinski definition) is 1. The minimum absolute atomic E-state index is 0.517. The molecule has 2 aromatic rings. The lowest BCUT2D eigenvalue weighted by atomic mass is 10.0. The van der Waals surface area contributed by atoms with Crippen LogP contribution in [-0.4, -0.2) is 6.04 Å². The molecule has 0 aliphatic heterocycles. The molecule has 0 radical (unpaired) electrons. The van der Waals surface area contributed by atoms with Crippen LogP contribution in [0.25, 0.3) is 0 Å². The minimum Gasteiger partial charge on any atom is -0.310 e. The maximum absolute atomic E-state index is 3.64. The Hall–Kier alpha value is -1.12. The average Bonchev–Trinajstić information content (AvgIpc) is 2.82. The van der Waals surface area contributed by atoms with Gasteiger partial charge < -0.3 is 5.32 Å². The molecule has 1 aromatic carbocycles. The summed E-state index contributed by atoms with van der Waals surface area (Å²) in [5.41, 5.74) is 2.88. The largest absolute Gasteiger partial charge is 0.310 e. The third kappa shape index (κ3) is 4.19. The normalized spacial score (nSPS) is 12.6. The molecule has 0 saturated heterocycles. The minimum atomic E-state index is 0.517. The van der Waals surface area contributed by atoms with Crippen molar-refractivity contribution in [1.82, 2.24) is 5.32 Å². The fourth-order valence-electron chi connectivity index (χ4n) is 2.33. The first-order chi connectivity index (χ1) is 9.19. The topological polar surface area (TPSA) is 12.0 Å². The van der Waals surface area contributed by atoms with Gasteiger partial charge in [-0.2, -0.15) is 0 Å². The van der Waals surface area contributed by atoms with E-state index in [1.165, 1.54) is 20.9 Å². The van der Waals surface area contributed by atoms with Crippen molar-refractivity contribution in [2.45, 2.75) is 46.2 Å². The van der Waals surface area contributed by atoms with Crippen molar-refractivity contribution in [3.05, 3.63) is 57.3 Å². The number of nitrogens with one attached hydrogen (secondary N) is 1. The van der Waals surface area contributed by atoms with Crippen molar-refractivity contribution in [1.29, 1.82) is 0 Å². The SMILES string of the molecule is CCc1ccccc1CNC(C)Cc1ccc(C)s1. The zero-order valence-corrected chi connectivity index (χ0v) is 12.9. The Balaban J connectivity index is 1.87. The molecule has 0 fully saturated rings. The number of hydrogen-bond acceptors (Lipinski definition) is 2. The van der Waals surface area contributed by atoms with Crippen LogP contribution in [0.3, 0.4) is 0 Å². The van der Waals surface area contributed by atoms with Gasteiger partial charge in [0.1, 0.15) is 0 Å². The Kier molecular flexibility index (Phi) is 5.17. The van der Waals surface area contributed by atoms with Gasteiger partial charge in [-0.25, -0.2) is 0 Å². The van der Waals surface area contributed by atoms with E-state index < -0.39 is 0 Å². The van der Waals surface area contributed by atoms with Crippen LogP contribution >= 0.6 is 11.3 Å². The van der Waals surface area contributed by atoms with Gasteiger partial charge in [0.25, 0.3) is 0 Å². The van der Waals surface area contributed by atoms with E-state index in [2.05, 4.69) is 62.5 Å². The highest BCUT2D eigenvalue weighted by Crippen LogP contribution is 2.17. The second-order valence-electron chi connectivity index (χ2n) is 5.12. The molecule has 0 bridgehead atoms. The molecule has 1 heterocycles. The molecule has 2 rings (SSSR count). The lowest BCUT2D eigenvalue weighted by molar-refractivity contribution is 0.547. The average molecular weight is 273 g/mol. The summed E-state index contributed by atoms with van der Waals surface area (Å²) in [6.45, 7) is 7.62. The summed E-state index contributed by atoms with van der Waals surface area (Å²) in [4.78, 5) is 2.87. The Morgan fingerprint density at radius 1 is 1.11 bits per heavy atom. The van der Waals surface area contributed by atoms with Crippen LogP contribution in [0.4, 0.5) is 0 Å². The van der Waals surface area contributed by atoms with E-state index in [0.717, 1.165) is 19.4 Å². The Labute approximate surface area is 120 Å². The summed E-state index contributed by atoms with van der Waals surface area (Å²) in [6.07, 6.45) is 2.23. The van der Waals surface area contributed by atoms with E-state index in [1.54, 1.807) is 0 Å². The number of benzene rings is 1. The van der Waals surface area contributed by atoms with Gasteiger partial charge in [-0.1, -0.05) is 31.2 Å². The molecular formula is C17H23NS. The molecule has 1 atom stereocenters. The van der Waals surface area contributed by atoms with Crippen LogP contribution < -0.4 is 5.32 Å². The molecule has 0 aliphatic rings. The number of thiophene rings is 1. The first-order valence-corrected chi connectivity index (χ1v) is 7.86. The first kappa shape index (κ1) is 14.3. The highest BCUT2D eigenvalue weighted by Gasteiger charge is 2.06. The lowest BCUT2D eigenvalue weighted by Crippen LogP contribution is -2.27. The molecule has 0 aliphatic carbocycles. The second-order valence-corrected chi connectivity index (χ2v) is 6.49. The highest BCUT2D eigenvalue weighted by molar-refractivity contribution is 7.11. The van der Waals surface area contributed by atoms with Gasteiger partial charge in [-0.3, -0.25) is 0 Å². The molecule has 0 spiro atoms. The molecule has 0 amide bonds. The van der Waals surface area contributed by atoms with E-state index in [-0.39, 0.29) is 0 Å². The van der Waals surface area contributed by atoms with E-state index in [0.29, 0.717) is 6.04 Å². The summed E-state index contributed by atoms with van der Waals surface area (Å²) in [6, 6.07) is 13.7. The zero-order chi connectivity index (χ0) is 13.7. The summed E-state index contributed by atoms with van der Waals surface area (Å²) in [5.74, 6) is 0. The van der Waals surface area contributed by atoms with Crippen LogP contribution in [0.15, 0.2) is 36.4 Å². The molecule has 19 heavy (non-hydrogen) atoms. The van der Waals surface area contributed by atoms with Gasteiger partial charge in [0.2, 0.25) is 0 Å². The zero-order valence-electron chi connectivity index (χ0n) is 12.1. The van der Waals surface area contributed by atoms with Crippen molar-refractivity contribution in [3.63, 3.8) is 0 Å². The van der Waals surface area contributed by atoms with E-state index in [4.69, 9.17) is 0 Å². The van der Waals surface area contributed by atoms with Crippen LogP contribution in [0.2, 0.25) is 0 Å². The molecule has 102 valence electrons. The summed E-state index contributed by atoms with van der Waals surface area (Å²) in [7, 11) is 0. The Morgan fingerprint density at radius 2 is 1.84 bits per heavy atom. The van der Waals surface area contributed by atoms with Crippen LogP contribution in [0, 0.1) is 6.92 Å². The third-order valence-electron chi connectivity index (χ3n) is 3.44. The summed E-state index contributed by atoms with van der Waals surface area (Å²) < 4.78 is 0. The molecule has 1 N–H and O–H groups in total. The van der Waals surface area contributed by atoms with E-state index in [9.17, 15) is 0 Å². The highest BCUT2D eigenvalue weighted by atomic mass is 32.1. The van der Waals surface area contributed by atoms with Gasteiger partial charge in [-0.15, -0.1) is 11.3 Å². The smallest absolute Gasteiger partial charge is 0.0210 e. The fourth-order valence-corrected chi connectivity index (χ4v) is 3.35. The monoisotopic (exact) mass is 273 g/mol. The maximum Gasteiger partial charge on any atom is 0.0210 e. The van der Waals surface area contributed by atoms with Gasteiger partial charge in [0.05, 0.1) is 0 Å². The lowest BCUT2D eigenvalue weighted by Gasteiger charge is -2.14. The summed E-state index contributed by atoms with van der Waals surface area (Å²) >= 11 is 1.91. The number of rotatable bonds is 6. The molecule has 0 saturated carbocycles. The van der Waals surface area contributed by atoms with Crippen molar-refractivity contribution < 1.29 is 0 Å². The molecule has 2 heteroatoms. The predicted octanol–water partition coefficient (Wildman–Crippen LogP) is 4.34. The first-order valence-electron chi connectivity index (χ1n) is 7.04. The fraction of sp³-hybridized carbons (Fsp3) is 0.412. The molecule has 1 nitrogen and oxygen atoms in total. The Morgan fingerprint density at radius 3 is 2.47 bits per heavy atom. The van der Waals surface area contributed by atoms with Crippen LogP contribution in [-0.2, 0) is 19.4 Å². The van der Waals surface area contributed by atoms with E-state index in [1.807, 2.05) is 11.3 Å². The van der Waals surface area contributed by atoms with Gasteiger partial charge in [-0.05, 0) is 49.9 Å².